The molecule has 0 aromatic heterocycles. The molecule has 7 heteroatoms. The third-order valence-electron chi connectivity index (χ3n) is 5.62. The van der Waals surface area contributed by atoms with Gasteiger partial charge < -0.3 is 21.1 Å². The molecule has 4 N–H and O–H groups in total. The highest BCUT2D eigenvalue weighted by molar-refractivity contribution is 5.84. The predicted molar refractivity (Wildman–Crippen MR) is 100 cm³/mol. The van der Waals surface area contributed by atoms with Gasteiger partial charge in [0.2, 0.25) is 5.91 Å². The fourth-order valence-corrected chi connectivity index (χ4v) is 3.65. The van der Waals surface area contributed by atoms with Gasteiger partial charge in [-0.15, -0.1) is 0 Å². The van der Waals surface area contributed by atoms with Crippen molar-refractivity contribution >= 4 is 11.9 Å². The molecule has 1 aliphatic carbocycles. The number of rotatable bonds is 5. The average Bonchev–Trinajstić information content (AvgIpc) is 2.59. The number of hydrogen-bond acceptors (Lipinski definition) is 4. The van der Waals surface area contributed by atoms with Crippen molar-refractivity contribution in [2.45, 2.75) is 64.0 Å². The van der Waals surface area contributed by atoms with Crippen molar-refractivity contribution in [3.63, 3.8) is 0 Å². The first-order chi connectivity index (χ1) is 11.8. The standard InChI is InChI=1S/C18H35N5O2/c1-4-20-16(21-14-18(25)8-6-5-7-9-18)22-10-12-23(13-11-22)17(2,3)15(19)24/h25H,4-14H2,1-3H3,(H2,19,24)(H,20,21). The molecule has 0 bridgehead atoms. The summed E-state index contributed by atoms with van der Waals surface area (Å²) >= 11 is 0. The summed E-state index contributed by atoms with van der Waals surface area (Å²) in [7, 11) is 0. The van der Waals surface area contributed by atoms with Gasteiger partial charge in [0.15, 0.2) is 5.96 Å². The van der Waals surface area contributed by atoms with Crippen LogP contribution in [-0.2, 0) is 4.79 Å². The Labute approximate surface area is 151 Å². The van der Waals surface area contributed by atoms with Crippen molar-refractivity contribution in [1.29, 1.82) is 0 Å². The van der Waals surface area contributed by atoms with E-state index in [9.17, 15) is 9.90 Å². The molecule has 0 spiro atoms. The second kappa shape index (κ2) is 8.36. The maximum Gasteiger partial charge on any atom is 0.237 e. The van der Waals surface area contributed by atoms with Crippen LogP contribution in [0.1, 0.15) is 52.9 Å². The molecule has 1 aliphatic heterocycles. The quantitative estimate of drug-likeness (QED) is 0.495. The van der Waals surface area contributed by atoms with Crippen molar-refractivity contribution in [1.82, 2.24) is 15.1 Å². The number of nitrogens with one attached hydrogen (secondary N) is 1. The molecule has 1 heterocycles. The lowest BCUT2D eigenvalue weighted by molar-refractivity contribution is -0.129. The Hall–Kier alpha value is -1.34. The van der Waals surface area contributed by atoms with Crippen LogP contribution >= 0.6 is 0 Å². The molecule has 2 fully saturated rings. The van der Waals surface area contributed by atoms with Gasteiger partial charge in [0.1, 0.15) is 0 Å². The zero-order chi connectivity index (χ0) is 18.5. The first-order valence-corrected chi connectivity index (χ1v) is 9.59. The van der Waals surface area contributed by atoms with E-state index in [2.05, 4.69) is 22.0 Å². The highest BCUT2D eigenvalue weighted by atomic mass is 16.3. The summed E-state index contributed by atoms with van der Waals surface area (Å²) in [6.45, 7) is 10.2. The first kappa shape index (κ1) is 20.0. The summed E-state index contributed by atoms with van der Waals surface area (Å²) in [6, 6.07) is 0. The Morgan fingerprint density at radius 2 is 1.80 bits per heavy atom. The van der Waals surface area contributed by atoms with Crippen LogP contribution in [0.4, 0.5) is 0 Å². The number of aliphatic hydroxyl groups is 1. The fraction of sp³-hybridized carbons (Fsp3) is 0.889. The van der Waals surface area contributed by atoms with Gasteiger partial charge in [-0.3, -0.25) is 14.7 Å². The highest BCUT2D eigenvalue weighted by Crippen LogP contribution is 2.28. The third kappa shape index (κ3) is 5.07. The molecular formula is C18H35N5O2. The van der Waals surface area contributed by atoms with Crippen molar-refractivity contribution in [3.8, 4) is 0 Å². The summed E-state index contributed by atoms with van der Waals surface area (Å²) in [5.41, 5.74) is 4.26. The van der Waals surface area contributed by atoms with E-state index in [1.807, 2.05) is 13.8 Å². The summed E-state index contributed by atoms with van der Waals surface area (Å²) in [4.78, 5) is 20.7. The third-order valence-corrected chi connectivity index (χ3v) is 5.62. The van der Waals surface area contributed by atoms with Crippen LogP contribution in [0.3, 0.4) is 0 Å². The summed E-state index contributed by atoms with van der Waals surface area (Å²) in [5.74, 6) is 0.569. The Kier molecular flexibility index (Phi) is 6.68. The Bertz CT molecular complexity index is 478. The number of hydrogen-bond donors (Lipinski definition) is 3. The molecule has 0 aromatic rings. The summed E-state index contributed by atoms with van der Waals surface area (Å²) in [6.07, 6.45) is 5.07. The van der Waals surface area contributed by atoms with Gasteiger partial charge in [-0.2, -0.15) is 0 Å². The van der Waals surface area contributed by atoms with E-state index in [0.717, 1.165) is 64.4 Å². The number of aliphatic imine (C=N–C) groups is 1. The number of carbonyl (C=O) groups is 1. The Morgan fingerprint density at radius 3 is 2.32 bits per heavy atom. The summed E-state index contributed by atoms with van der Waals surface area (Å²) < 4.78 is 0. The zero-order valence-electron chi connectivity index (χ0n) is 16.1. The lowest BCUT2D eigenvalue weighted by Gasteiger charge is -2.43. The Morgan fingerprint density at radius 1 is 1.20 bits per heavy atom. The molecule has 2 aliphatic rings. The van der Waals surface area contributed by atoms with Gasteiger partial charge in [-0.05, 0) is 33.6 Å². The van der Waals surface area contributed by atoms with Gasteiger partial charge in [0.05, 0.1) is 17.7 Å². The Balaban J connectivity index is 1.97. The fourth-order valence-electron chi connectivity index (χ4n) is 3.65. The van der Waals surface area contributed by atoms with Crippen LogP contribution < -0.4 is 11.1 Å². The minimum Gasteiger partial charge on any atom is -0.388 e. The van der Waals surface area contributed by atoms with Crippen LogP contribution in [0, 0.1) is 0 Å². The number of guanidine groups is 1. The van der Waals surface area contributed by atoms with E-state index in [1.54, 1.807) is 0 Å². The molecule has 0 unspecified atom stereocenters. The minimum absolute atomic E-state index is 0.291. The second-order valence-corrected chi connectivity index (χ2v) is 7.85. The second-order valence-electron chi connectivity index (χ2n) is 7.85. The molecule has 0 atom stereocenters. The lowest BCUT2D eigenvalue weighted by atomic mass is 9.85. The van der Waals surface area contributed by atoms with Gasteiger partial charge in [-0.1, -0.05) is 19.3 Å². The smallest absolute Gasteiger partial charge is 0.237 e. The minimum atomic E-state index is -0.644. The average molecular weight is 354 g/mol. The largest absolute Gasteiger partial charge is 0.388 e. The number of amides is 1. The normalized spacial score (nSPS) is 22.7. The van der Waals surface area contributed by atoms with E-state index in [-0.39, 0.29) is 5.91 Å². The van der Waals surface area contributed by atoms with Gasteiger partial charge >= 0.3 is 0 Å². The van der Waals surface area contributed by atoms with Crippen LogP contribution in [-0.4, -0.2) is 77.2 Å². The van der Waals surface area contributed by atoms with Crippen molar-refractivity contribution in [2.75, 3.05) is 39.3 Å². The van der Waals surface area contributed by atoms with E-state index >= 15 is 0 Å². The highest BCUT2D eigenvalue weighted by Gasteiger charge is 2.35. The number of primary amides is 1. The van der Waals surface area contributed by atoms with Crippen LogP contribution in [0.2, 0.25) is 0 Å². The zero-order valence-corrected chi connectivity index (χ0v) is 16.1. The molecule has 2 rings (SSSR count). The molecule has 144 valence electrons. The summed E-state index contributed by atoms with van der Waals surface area (Å²) in [5, 5.41) is 14.0. The molecule has 1 saturated carbocycles. The van der Waals surface area contributed by atoms with Gasteiger partial charge in [-0.25, -0.2) is 0 Å². The molecule has 0 radical (unpaired) electrons. The van der Waals surface area contributed by atoms with Crippen LogP contribution in [0.5, 0.6) is 0 Å². The van der Waals surface area contributed by atoms with Crippen molar-refractivity contribution in [2.24, 2.45) is 10.7 Å². The lowest BCUT2D eigenvalue weighted by Crippen LogP contribution is -2.61. The van der Waals surface area contributed by atoms with E-state index in [1.165, 1.54) is 6.42 Å². The van der Waals surface area contributed by atoms with E-state index in [4.69, 9.17) is 10.7 Å². The van der Waals surface area contributed by atoms with E-state index < -0.39 is 11.1 Å². The predicted octanol–water partition coefficient (Wildman–Crippen LogP) is 0.529. The van der Waals surface area contributed by atoms with Crippen LogP contribution in [0.15, 0.2) is 4.99 Å². The topological polar surface area (TPSA) is 94.2 Å². The van der Waals surface area contributed by atoms with Gasteiger partial charge in [0.25, 0.3) is 0 Å². The maximum atomic E-state index is 11.7. The first-order valence-electron chi connectivity index (χ1n) is 9.59. The molecule has 7 nitrogen and oxygen atoms in total. The maximum absolute atomic E-state index is 11.7. The molecule has 25 heavy (non-hydrogen) atoms. The number of carbonyl (C=O) groups excluding carboxylic acids is 1. The number of nitrogens with zero attached hydrogens (tertiary/aromatic N) is 3. The molecule has 1 amide bonds. The monoisotopic (exact) mass is 353 g/mol. The molecule has 1 saturated heterocycles. The van der Waals surface area contributed by atoms with Crippen molar-refractivity contribution < 1.29 is 9.90 Å². The van der Waals surface area contributed by atoms with Crippen LogP contribution in [0.25, 0.3) is 0 Å². The SMILES string of the molecule is CCNC(=NCC1(O)CCCCC1)N1CCN(C(C)(C)C(N)=O)CC1. The van der Waals surface area contributed by atoms with E-state index in [0.29, 0.717) is 6.54 Å². The van der Waals surface area contributed by atoms with Crippen molar-refractivity contribution in [3.05, 3.63) is 0 Å². The van der Waals surface area contributed by atoms with Gasteiger partial charge in [0, 0.05) is 32.7 Å². The molecule has 0 aromatic carbocycles. The molecular weight excluding hydrogens is 318 g/mol. The number of piperazine rings is 1. The number of nitrogens with two attached hydrogens (primary N) is 1.